The van der Waals surface area contributed by atoms with E-state index in [1.165, 1.54) is 12.1 Å². The van der Waals surface area contributed by atoms with Gasteiger partial charge < -0.3 is 11.1 Å². The average molecular weight is 234 g/mol. The van der Waals surface area contributed by atoms with Crippen LogP contribution in [0.5, 0.6) is 0 Å². The first-order valence-corrected chi connectivity index (χ1v) is 5.14. The van der Waals surface area contributed by atoms with Gasteiger partial charge in [0.15, 0.2) is 0 Å². The normalized spacial score (nSPS) is 10.3. The average Bonchev–Trinajstić information content (AvgIpc) is 2.27. The SMILES string of the molecule is Cc1ccc(Nc2ccc(F)cc2F)cc1N. The molecular weight excluding hydrogens is 222 g/mol. The zero-order valence-electron chi connectivity index (χ0n) is 9.30. The van der Waals surface area contributed by atoms with Crippen LogP contribution in [0.25, 0.3) is 0 Å². The molecule has 0 unspecified atom stereocenters. The van der Waals surface area contributed by atoms with Crippen LogP contribution in [0.2, 0.25) is 0 Å². The molecule has 2 nitrogen and oxygen atoms in total. The molecule has 88 valence electrons. The van der Waals surface area contributed by atoms with Crippen molar-refractivity contribution in [2.45, 2.75) is 6.92 Å². The number of hydrogen-bond donors (Lipinski definition) is 2. The Kier molecular flexibility index (Phi) is 2.95. The smallest absolute Gasteiger partial charge is 0.149 e. The highest BCUT2D eigenvalue weighted by Crippen LogP contribution is 2.23. The van der Waals surface area contributed by atoms with Gasteiger partial charge in [0.25, 0.3) is 0 Å². The van der Waals surface area contributed by atoms with E-state index in [1.54, 1.807) is 12.1 Å². The lowest BCUT2D eigenvalue weighted by atomic mass is 10.2. The van der Waals surface area contributed by atoms with Gasteiger partial charge in [-0.25, -0.2) is 8.78 Å². The molecular formula is C13H12F2N2. The summed E-state index contributed by atoms with van der Waals surface area (Å²) in [5, 5.41) is 2.85. The molecule has 0 bridgehead atoms. The molecule has 3 N–H and O–H groups in total. The van der Waals surface area contributed by atoms with Gasteiger partial charge in [-0.15, -0.1) is 0 Å². The first kappa shape index (κ1) is 11.4. The zero-order valence-corrected chi connectivity index (χ0v) is 9.30. The maximum Gasteiger partial charge on any atom is 0.149 e. The van der Waals surface area contributed by atoms with Gasteiger partial charge >= 0.3 is 0 Å². The van der Waals surface area contributed by atoms with Crippen LogP contribution in [-0.4, -0.2) is 0 Å². The second kappa shape index (κ2) is 4.41. The number of nitrogens with one attached hydrogen (secondary N) is 1. The maximum absolute atomic E-state index is 13.4. The van der Waals surface area contributed by atoms with E-state index in [4.69, 9.17) is 5.73 Å². The molecule has 4 heteroatoms. The standard InChI is InChI=1S/C13H12F2N2/c1-8-2-4-10(7-12(8)16)17-13-5-3-9(14)6-11(13)15/h2-7,17H,16H2,1H3. The predicted molar refractivity (Wildman–Crippen MR) is 65.2 cm³/mol. The molecule has 0 aliphatic heterocycles. The molecule has 2 aromatic rings. The van der Waals surface area contributed by atoms with Crippen molar-refractivity contribution in [3.8, 4) is 0 Å². The topological polar surface area (TPSA) is 38.0 Å². The fourth-order valence-electron chi connectivity index (χ4n) is 1.46. The van der Waals surface area contributed by atoms with Gasteiger partial charge in [0.1, 0.15) is 11.6 Å². The van der Waals surface area contributed by atoms with E-state index in [1.807, 2.05) is 13.0 Å². The van der Waals surface area contributed by atoms with Gasteiger partial charge in [0, 0.05) is 17.4 Å². The summed E-state index contributed by atoms with van der Waals surface area (Å²) in [4.78, 5) is 0. The fourth-order valence-corrected chi connectivity index (χ4v) is 1.46. The van der Waals surface area contributed by atoms with Crippen LogP contribution in [0.4, 0.5) is 25.8 Å². The third-order valence-corrected chi connectivity index (χ3v) is 2.49. The number of hydrogen-bond acceptors (Lipinski definition) is 2. The Balaban J connectivity index is 2.28. The van der Waals surface area contributed by atoms with Crippen LogP contribution in [0.1, 0.15) is 5.56 Å². The van der Waals surface area contributed by atoms with Crippen molar-refractivity contribution < 1.29 is 8.78 Å². The third-order valence-electron chi connectivity index (χ3n) is 2.49. The monoisotopic (exact) mass is 234 g/mol. The third kappa shape index (κ3) is 2.53. The fraction of sp³-hybridized carbons (Fsp3) is 0.0769. The molecule has 0 saturated carbocycles. The molecule has 0 heterocycles. The van der Waals surface area contributed by atoms with Crippen molar-refractivity contribution in [3.05, 3.63) is 53.6 Å². The van der Waals surface area contributed by atoms with E-state index in [0.29, 0.717) is 11.4 Å². The Morgan fingerprint density at radius 3 is 2.47 bits per heavy atom. The Morgan fingerprint density at radius 1 is 1.06 bits per heavy atom. The Morgan fingerprint density at radius 2 is 1.82 bits per heavy atom. The number of anilines is 3. The molecule has 0 radical (unpaired) electrons. The van der Waals surface area contributed by atoms with Crippen LogP contribution in [0.15, 0.2) is 36.4 Å². The minimum atomic E-state index is -0.635. The van der Waals surface area contributed by atoms with Gasteiger partial charge in [0.2, 0.25) is 0 Å². The highest BCUT2D eigenvalue weighted by atomic mass is 19.1. The van der Waals surface area contributed by atoms with Crippen molar-refractivity contribution in [1.82, 2.24) is 0 Å². The number of rotatable bonds is 2. The lowest BCUT2D eigenvalue weighted by Gasteiger charge is -2.09. The maximum atomic E-state index is 13.4. The van der Waals surface area contributed by atoms with Crippen LogP contribution >= 0.6 is 0 Å². The van der Waals surface area contributed by atoms with Crippen molar-refractivity contribution in [2.24, 2.45) is 0 Å². The molecule has 17 heavy (non-hydrogen) atoms. The molecule has 2 aromatic carbocycles. The molecule has 0 aliphatic carbocycles. The van der Waals surface area contributed by atoms with Crippen LogP contribution in [0.3, 0.4) is 0 Å². The number of halogens is 2. The van der Waals surface area contributed by atoms with Crippen molar-refractivity contribution in [2.75, 3.05) is 11.1 Å². The summed E-state index contributed by atoms with van der Waals surface area (Å²) in [5.74, 6) is -1.24. The zero-order chi connectivity index (χ0) is 12.4. The van der Waals surface area contributed by atoms with E-state index >= 15 is 0 Å². The van der Waals surface area contributed by atoms with Gasteiger partial charge in [0.05, 0.1) is 5.69 Å². The Hall–Kier alpha value is -2.10. The summed E-state index contributed by atoms with van der Waals surface area (Å²) in [6, 6.07) is 8.70. The van der Waals surface area contributed by atoms with Gasteiger partial charge in [-0.3, -0.25) is 0 Å². The molecule has 0 amide bonds. The van der Waals surface area contributed by atoms with Crippen LogP contribution in [0, 0.1) is 18.6 Å². The van der Waals surface area contributed by atoms with Crippen LogP contribution in [-0.2, 0) is 0 Å². The summed E-state index contributed by atoms with van der Waals surface area (Å²) in [6.07, 6.45) is 0. The quantitative estimate of drug-likeness (QED) is 0.779. The summed E-state index contributed by atoms with van der Waals surface area (Å²) < 4.78 is 26.1. The van der Waals surface area contributed by atoms with Crippen molar-refractivity contribution in [3.63, 3.8) is 0 Å². The van der Waals surface area contributed by atoms with Crippen molar-refractivity contribution >= 4 is 17.1 Å². The molecule has 0 saturated heterocycles. The van der Waals surface area contributed by atoms with Gasteiger partial charge in [-0.1, -0.05) is 6.07 Å². The second-order valence-corrected chi connectivity index (χ2v) is 3.82. The minimum absolute atomic E-state index is 0.217. The molecule has 0 aromatic heterocycles. The lowest BCUT2D eigenvalue weighted by Crippen LogP contribution is -1.96. The van der Waals surface area contributed by atoms with Crippen molar-refractivity contribution in [1.29, 1.82) is 0 Å². The van der Waals surface area contributed by atoms with E-state index in [2.05, 4.69) is 5.32 Å². The molecule has 0 aliphatic rings. The number of aryl methyl sites for hydroxylation is 1. The van der Waals surface area contributed by atoms with E-state index in [0.717, 1.165) is 11.6 Å². The largest absolute Gasteiger partial charge is 0.398 e. The second-order valence-electron chi connectivity index (χ2n) is 3.82. The first-order chi connectivity index (χ1) is 8.06. The van der Waals surface area contributed by atoms with E-state index < -0.39 is 11.6 Å². The van der Waals surface area contributed by atoms with E-state index in [9.17, 15) is 8.78 Å². The Bertz CT molecular complexity index is 553. The highest BCUT2D eigenvalue weighted by Gasteiger charge is 2.04. The molecule has 0 atom stereocenters. The number of nitrogens with two attached hydrogens (primary N) is 1. The molecule has 0 spiro atoms. The predicted octanol–water partition coefficient (Wildman–Crippen LogP) is 3.60. The number of benzene rings is 2. The Labute approximate surface area is 98.1 Å². The molecule has 0 fully saturated rings. The van der Waals surface area contributed by atoms with Crippen LogP contribution < -0.4 is 11.1 Å². The molecule has 2 rings (SSSR count). The number of nitrogen functional groups attached to an aromatic ring is 1. The van der Waals surface area contributed by atoms with Gasteiger partial charge in [-0.05, 0) is 36.8 Å². The first-order valence-electron chi connectivity index (χ1n) is 5.14. The highest BCUT2D eigenvalue weighted by molar-refractivity contribution is 5.65. The summed E-state index contributed by atoms with van der Waals surface area (Å²) in [6.45, 7) is 1.89. The van der Waals surface area contributed by atoms with Gasteiger partial charge in [-0.2, -0.15) is 0 Å². The minimum Gasteiger partial charge on any atom is -0.398 e. The summed E-state index contributed by atoms with van der Waals surface area (Å²) in [7, 11) is 0. The summed E-state index contributed by atoms with van der Waals surface area (Å²) in [5.41, 5.74) is 8.20. The lowest BCUT2D eigenvalue weighted by molar-refractivity contribution is 0.586. The summed E-state index contributed by atoms with van der Waals surface area (Å²) >= 11 is 0. The van der Waals surface area contributed by atoms with E-state index in [-0.39, 0.29) is 5.69 Å².